The number of nitrogens with zero attached hydrogens (tertiary/aromatic N) is 2. The van der Waals surface area contributed by atoms with Gasteiger partial charge in [-0.25, -0.2) is 4.79 Å². The van der Waals surface area contributed by atoms with Gasteiger partial charge in [0.05, 0.1) is 6.54 Å². The number of thioether (sulfide) groups is 1. The summed E-state index contributed by atoms with van der Waals surface area (Å²) in [6.45, 7) is 0.784. The minimum Gasteiger partial charge on any atom is -0.447 e. The normalized spacial score (nSPS) is 16.6. The Balaban J connectivity index is 1.63. The number of amides is 2. The molecule has 6 nitrogen and oxygen atoms in total. The Hall–Kier alpha value is -2.54. The van der Waals surface area contributed by atoms with E-state index in [1.807, 2.05) is 42.7 Å². The number of nitrogens with one attached hydrogen (secondary N) is 1. The zero-order valence-electron chi connectivity index (χ0n) is 13.8. The van der Waals surface area contributed by atoms with E-state index in [0.29, 0.717) is 13.1 Å². The molecule has 2 amide bonds. The molecule has 1 saturated heterocycles. The molecule has 0 radical (unpaired) electrons. The molecule has 0 aliphatic carbocycles. The first-order valence-corrected chi connectivity index (χ1v) is 9.13. The Labute approximate surface area is 150 Å². The SMILES string of the molecule is CSc1ccc(CN2C(=O)OC[C@H]2C(=O)NCc2cccnc2)cc1. The first-order valence-electron chi connectivity index (χ1n) is 7.90. The topological polar surface area (TPSA) is 71.5 Å². The lowest BCUT2D eigenvalue weighted by Gasteiger charge is -2.21. The monoisotopic (exact) mass is 357 g/mol. The molecule has 130 valence electrons. The Morgan fingerprint density at radius 2 is 2.12 bits per heavy atom. The molecule has 3 rings (SSSR count). The lowest BCUT2D eigenvalue weighted by atomic mass is 10.2. The van der Waals surface area contributed by atoms with Crippen LogP contribution >= 0.6 is 11.8 Å². The first-order chi connectivity index (χ1) is 12.2. The predicted molar refractivity (Wildman–Crippen MR) is 95.0 cm³/mol. The molecule has 0 saturated carbocycles. The van der Waals surface area contributed by atoms with Gasteiger partial charge in [-0.05, 0) is 35.6 Å². The number of pyridine rings is 1. The minimum absolute atomic E-state index is 0.0700. The van der Waals surface area contributed by atoms with Gasteiger partial charge >= 0.3 is 6.09 Å². The summed E-state index contributed by atoms with van der Waals surface area (Å²) in [7, 11) is 0. The van der Waals surface area contributed by atoms with Crippen LogP contribution in [0.25, 0.3) is 0 Å². The van der Waals surface area contributed by atoms with Crippen molar-refractivity contribution in [1.82, 2.24) is 15.2 Å². The van der Waals surface area contributed by atoms with Crippen molar-refractivity contribution < 1.29 is 14.3 Å². The van der Waals surface area contributed by atoms with Gasteiger partial charge < -0.3 is 10.1 Å². The Morgan fingerprint density at radius 1 is 1.32 bits per heavy atom. The minimum atomic E-state index is -0.621. The molecule has 0 unspecified atom stereocenters. The van der Waals surface area contributed by atoms with Crippen LogP contribution in [0, 0.1) is 0 Å². The molecule has 25 heavy (non-hydrogen) atoms. The second-order valence-electron chi connectivity index (χ2n) is 5.65. The second-order valence-corrected chi connectivity index (χ2v) is 6.53. The summed E-state index contributed by atoms with van der Waals surface area (Å²) < 4.78 is 5.08. The predicted octanol–water partition coefficient (Wildman–Crippen LogP) is 2.44. The van der Waals surface area contributed by atoms with Crippen LogP contribution in [-0.2, 0) is 22.6 Å². The van der Waals surface area contributed by atoms with Gasteiger partial charge in [-0.1, -0.05) is 18.2 Å². The van der Waals surface area contributed by atoms with E-state index in [1.54, 1.807) is 24.2 Å². The van der Waals surface area contributed by atoms with Crippen LogP contribution in [-0.4, -0.2) is 40.8 Å². The molecule has 1 aromatic heterocycles. The maximum atomic E-state index is 12.5. The average Bonchev–Trinajstić information content (AvgIpc) is 3.02. The largest absolute Gasteiger partial charge is 0.447 e. The van der Waals surface area contributed by atoms with E-state index in [2.05, 4.69) is 10.3 Å². The smallest absolute Gasteiger partial charge is 0.410 e. The van der Waals surface area contributed by atoms with Crippen molar-refractivity contribution in [2.75, 3.05) is 12.9 Å². The van der Waals surface area contributed by atoms with Gasteiger partial charge in [-0.2, -0.15) is 0 Å². The van der Waals surface area contributed by atoms with E-state index < -0.39 is 12.1 Å². The highest BCUT2D eigenvalue weighted by molar-refractivity contribution is 7.98. The van der Waals surface area contributed by atoms with Crippen LogP contribution < -0.4 is 5.32 Å². The van der Waals surface area contributed by atoms with Crippen molar-refractivity contribution in [1.29, 1.82) is 0 Å². The van der Waals surface area contributed by atoms with Crippen molar-refractivity contribution in [3.8, 4) is 0 Å². The molecule has 2 heterocycles. The fraction of sp³-hybridized carbons (Fsp3) is 0.278. The van der Waals surface area contributed by atoms with Crippen LogP contribution in [0.5, 0.6) is 0 Å². The summed E-state index contributed by atoms with van der Waals surface area (Å²) in [5.41, 5.74) is 1.86. The second kappa shape index (κ2) is 8.02. The number of carbonyl (C=O) groups excluding carboxylic acids is 2. The van der Waals surface area contributed by atoms with Crippen molar-refractivity contribution in [2.45, 2.75) is 24.0 Å². The quantitative estimate of drug-likeness (QED) is 0.804. The van der Waals surface area contributed by atoms with Crippen LogP contribution in [0.2, 0.25) is 0 Å². The summed E-state index contributed by atoms with van der Waals surface area (Å²) in [5, 5.41) is 2.84. The van der Waals surface area contributed by atoms with Gasteiger partial charge in [-0.15, -0.1) is 11.8 Å². The van der Waals surface area contributed by atoms with Crippen molar-refractivity contribution in [3.05, 3.63) is 59.9 Å². The molecule has 1 aliphatic rings. The Morgan fingerprint density at radius 3 is 2.80 bits per heavy atom. The molecule has 1 N–H and O–H groups in total. The van der Waals surface area contributed by atoms with Crippen LogP contribution in [0.1, 0.15) is 11.1 Å². The van der Waals surface area contributed by atoms with E-state index in [-0.39, 0.29) is 12.5 Å². The third-order valence-corrected chi connectivity index (χ3v) is 4.72. The molecule has 2 aromatic rings. The number of cyclic esters (lactones) is 1. The molecule has 0 spiro atoms. The van der Waals surface area contributed by atoms with Crippen LogP contribution in [0.4, 0.5) is 4.79 Å². The molecule has 7 heteroatoms. The molecular weight excluding hydrogens is 338 g/mol. The highest BCUT2D eigenvalue weighted by Crippen LogP contribution is 2.20. The zero-order valence-corrected chi connectivity index (χ0v) is 14.7. The van der Waals surface area contributed by atoms with E-state index in [9.17, 15) is 9.59 Å². The summed E-state index contributed by atoms with van der Waals surface area (Å²) in [4.78, 5) is 31.1. The number of hydrogen-bond donors (Lipinski definition) is 1. The van der Waals surface area contributed by atoms with Crippen molar-refractivity contribution >= 4 is 23.8 Å². The molecule has 1 aliphatic heterocycles. The molecule has 1 fully saturated rings. The molecule has 1 atom stereocenters. The van der Waals surface area contributed by atoms with Gasteiger partial charge in [0.1, 0.15) is 12.6 Å². The molecular formula is C18H19N3O3S. The zero-order chi connectivity index (χ0) is 17.6. The maximum Gasteiger partial charge on any atom is 0.410 e. The standard InChI is InChI=1S/C18H19N3O3S/c1-25-15-6-4-13(5-7-15)11-21-16(12-24-18(21)23)17(22)20-10-14-3-2-8-19-9-14/h2-9,16H,10-12H2,1H3,(H,20,22)/t16-/m0/s1. The lowest BCUT2D eigenvalue weighted by Crippen LogP contribution is -2.45. The van der Waals surface area contributed by atoms with E-state index in [1.165, 1.54) is 4.90 Å². The highest BCUT2D eigenvalue weighted by atomic mass is 32.2. The van der Waals surface area contributed by atoms with E-state index >= 15 is 0 Å². The van der Waals surface area contributed by atoms with Gasteiger partial charge in [0.15, 0.2) is 0 Å². The van der Waals surface area contributed by atoms with Gasteiger partial charge in [0.2, 0.25) is 5.91 Å². The summed E-state index contributed by atoms with van der Waals surface area (Å²) in [6, 6.07) is 11.0. The fourth-order valence-corrected chi connectivity index (χ4v) is 2.99. The summed E-state index contributed by atoms with van der Waals surface area (Å²) >= 11 is 1.66. The number of rotatable bonds is 6. The Kier molecular flexibility index (Phi) is 5.55. The number of hydrogen-bond acceptors (Lipinski definition) is 5. The third kappa shape index (κ3) is 4.30. The maximum absolute atomic E-state index is 12.5. The summed E-state index contributed by atoms with van der Waals surface area (Å²) in [6.07, 6.45) is 4.92. The fourth-order valence-electron chi connectivity index (χ4n) is 2.58. The number of aromatic nitrogens is 1. The summed E-state index contributed by atoms with van der Waals surface area (Å²) in [5.74, 6) is -0.226. The van der Waals surface area contributed by atoms with E-state index in [0.717, 1.165) is 16.0 Å². The number of ether oxygens (including phenoxy) is 1. The number of benzene rings is 1. The number of carbonyl (C=O) groups is 2. The van der Waals surface area contributed by atoms with Crippen LogP contribution in [0.3, 0.4) is 0 Å². The molecule has 0 bridgehead atoms. The average molecular weight is 357 g/mol. The van der Waals surface area contributed by atoms with E-state index in [4.69, 9.17) is 4.74 Å². The molecule has 1 aromatic carbocycles. The van der Waals surface area contributed by atoms with Crippen molar-refractivity contribution in [3.63, 3.8) is 0 Å². The third-order valence-electron chi connectivity index (χ3n) is 3.98. The van der Waals surface area contributed by atoms with Crippen LogP contribution in [0.15, 0.2) is 53.7 Å². The lowest BCUT2D eigenvalue weighted by molar-refractivity contribution is -0.125. The Bertz CT molecular complexity index is 737. The highest BCUT2D eigenvalue weighted by Gasteiger charge is 2.37. The van der Waals surface area contributed by atoms with Gasteiger partial charge in [-0.3, -0.25) is 14.7 Å². The van der Waals surface area contributed by atoms with Crippen molar-refractivity contribution in [2.24, 2.45) is 0 Å². The van der Waals surface area contributed by atoms with Gasteiger partial charge in [0, 0.05) is 23.8 Å². The van der Waals surface area contributed by atoms with Gasteiger partial charge in [0.25, 0.3) is 0 Å². The first kappa shape index (κ1) is 17.3.